The van der Waals surface area contributed by atoms with Crippen molar-refractivity contribution in [3.05, 3.63) is 33.9 Å². The number of nitriles is 1. The first kappa shape index (κ1) is 15.5. The van der Waals surface area contributed by atoms with Crippen LogP contribution in [0.15, 0.2) is 23.1 Å². The first-order chi connectivity index (χ1) is 9.35. The summed E-state index contributed by atoms with van der Waals surface area (Å²) in [5.74, 6) is -2.70. The molecule has 0 radical (unpaired) electrons. The molecule has 1 atom stereocenters. The number of aliphatic carboxylic acids is 2. The molecule has 9 heteroatoms. The standard InChI is InChI=1S/C11H8N2O6S/c12-5-6-1-2-8(7(3-6)13(18)19)20-9(11(16)17)4-10(14)15/h1-3,9H,4H2,(H,14,15)(H,16,17). The molecule has 20 heavy (non-hydrogen) atoms. The molecule has 0 amide bonds. The molecule has 1 aromatic rings. The van der Waals surface area contributed by atoms with Gasteiger partial charge >= 0.3 is 11.9 Å². The molecule has 0 saturated heterocycles. The van der Waals surface area contributed by atoms with Crippen molar-refractivity contribution in [3.63, 3.8) is 0 Å². The van der Waals surface area contributed by atoms with E-state index >= 15 is 0 Å². The molecule has 0 fully saturated rings. The van der Waals surface area contributed by atoms with E-state index in [0.29, 0.717) is 11.8 Å². The number of rotatable bonds is 6. The van der Waals surface area contributed by atoms with E-state index in [4.69, 9.17) is 15.5 Å². The van der Waals surface area contributed by atoms with Crippen LogP contribution < -0.4 is 0 Å². The monoisotopic (exact) mass is 296 g/mol. The summed E-state index contributed by atoms with van der Waals surface area (Å²) in [5, 5.41) is 35.7. The topological polar surface area (TPSA) is 142 Å². The summed E-state index contributed by atoms with van der Waals surface area (Å²) in [6.07, 6.45) is -0.669. The Hall–Kier alpha value is -2.60. The summed E-state index contributed by atoms with van der Waals surface area (Å²) in [6, 6.07) is 5.29. The minimum Gasteiger partial charge on any atom is -0.481 e. The largest absolute Gasteiger partial charge is 0.481 e. The number of benzene rings is 1. The normalized spacial score (nSPS) is 11.3. The van der Waals surface area contributed by atoms with E-state index in [0.717, 1.165) is 6.07 Å². The lowest BCUT2D eigenvalue weighted by Crippen LogP contribution is -2.20. The Labute approximate surface area is 116 Å². The van der Waals surface area contributed by atoms with E-state index in [2.05, 4.69) is 0 Å². The van der Waals surface area contributed by atoms with Crippen LogP contribution in [0.5, 0.6) is 0 Å². The lowest BCUT2D eigenvalue weighted by atomic mass is 10.2. The van der Waals surface area contributed by atoms with Crippen molar-refractivity contribution >= 4 is 29.4 Å². The van der Waals surface area contributed by atoms with Gasteiger partial charge in [0.05, 0.1) is 27.9 Å². The fraction of sp³-hybridized carbons (Fsp3) is 0.182. The second kappa shape index (κ2) is 6.53. The molecular formula is C11H8N2O6S. The van der Waals surface area contributed by atoms with E-state index in [1.165, 1.54) is 12.1 Å². The van der Waals surface area contributed by atoms with E-state index < -0.39 is 34.2 Å². The molecule has 2 N–H and O–H groups in total. The van der Waals surface area contributed by atoms with E-state index in [9.17, 15) is 19.7 Å². The molecule has 0 aliphatic heterocycles. The van der Waals surface area contributed by atoms with Crippen LogP contribution in [0.1, 0.15) is 12.0 Å². The van der Waals surface area contributed by atoms with Crippen molar-refractivity contribution in [3.8, 4) is 6.07 Å². The third-order valence-corrected chi connectivity index (χ3v) is 3.44. The predicted molar refractivity (Wildman–Crippen MR) is 67.3 cm³/mol. The number of nitro benzene ring substituents is 1. The number of hydrogen-bond donors (Lipinski definition) is 2. The van der Waals surface area contributed by atoms with Crippen LogP contribution in [0.3, 0.4) is 0 Å². The van der Waals surface area contributed by atoms with Crippen LogP contribution in [0.4, 0.5) is 5.69 Å². The molecule has 0 aromatic heterocycles. The number of carboxylic acid groups (broad SMARTS) is 2. The van der Waals surface area contributed by atoms with Gasteiger partial charge in [0.25, 0.3) is 5.69 Å². The van der Waals surface area contributed by atoms with Crippen molar-refractivity contribution in [1.29, 1.82) is 5.26 Å². The zero-order valence-electron chi connectivity index (χ0n) is 9.85. The van der Waals surface area contributed by atoms with Crippen LogP contribution in [0.25, 0.3) is 0 Å². The molecule has 104 valence electrons. The Kier molecular flexibility index (Phi) is 5.05. The van der Waals surface area contributed by atoms with Crippen molar-refractivity contribution in [1.82, 2.24) is 0 Å². The Morgan fingerprint density at radius 2 is 2.10 bits per heavy atom. The van der Waals surface area contributed by atoms with Gasteiger partial charge in [0, 0.05) is 6.07 Å². The predicted octanol–water partition coefficient (Wildman–Crippen LogP) is 1.49. The fourth-order valence-corrected chi connectivity index (χ4v) is 2.35. The highest BCUT2D eigenvalue weighted by Gasteiger charge is 2.26. The van der Waals surface area contributed by atoms with Gasteiger partial charge in [-0.05, 0) is 12.1 Å². The van der Waals surface area contributed by atoms with Gasteiger partial charge in [-0.25, -0.2) is 0 Å². The van der Waals surface area contributed by atoms with Crippen LogP contribution in [-0.2, 0) is 9.59 Å². The second-order valence-corrected chi connectivity index (χ2v) is 4.84. The maximum Gasteiger partial charge on any atom is 0.317 e. The number of nitrogens with zero attached hydrogens (tertiary/aromatic N) is 2. The molecule has 0 bridgehead atoms. The fourth-order valence-electron chi connectivity index (χ4n) is 1.32. The zero-order valence-corrected chi connectivity index (χ0v) is 10.7. The minimum absolute atomic E-state index is 0.00245. The molecule has 0 spiro atoms. The highest BCUT2D eigenvalue weighted by molar-refractivity contribution is 8.00. The van der Waals surface area contributed by atoms with E-state index in [1.54, 1.807) is 6.07 Å². The summed E-state index contributed by atoms with van der Waals surface area (Å²) in [4.78, 5) is 31.6. The first-order valence-corrected chi connectivity index (χ1v) is 6.03. The van der Waals surface area contributed by atoms with Gasteiger partial charge in [-0.2, -0.15) is 5.26 Å². The maximum absolute atomic E-state index is 10.9. The third-order valence-electron chi connectivity index (χ3n) is 2.19. The summed E-state index contributed by atoms with van der Waals surface area (Å²) in [6.45, 7) is 0. The maximum atomic E-state index is 10.9. The number of carbonyl (C=O) groups is 2. The molecule has 8 nitrogen and oxygen atoms in total. The highest BCUT2D eigenvalue weighted by atomic mass is 32.2. The van der Waals surface area contributed by atoms with Crippen molar-refractivity contribution in [2.45, 2.75) is 16.6 Å². The van der Waals surface area contributed by atoms with Crippen molar-refractivity contribution in [2.24, 2.45) is 0 Å². The molecule has 0 saturated carbocycles. The molecular weight excluding hydrogens is 288 g/mol. The minimum atomic E-state index is -1.38. The van der Waals surface area contributed by atoms with Gasteiger partial charge in [-0.1, -0.05) is 0 Å². The molecule has 0 heterocycles. The molecule has 1 aromatic carbocycles. The van der Waals surface area contributed by atoms with Crippen molar-refractivity contribution in [2.75, 3.05) is 0 Å². The Morgan fingerprint density at radius 1 is 1.45 bits per heavy atom. The summed E-state index contributed by atoms with van der Waals surface area (Å²) < 4.78 is 0. The molecule has 1 unspecified atom stereocenters. The van der Waals surface area contributed by atoms with E-state index in [-0.39, 0.29) is 10.5 Å². The van der Waals surface area contributed by atoms with Gasteiger partial charge in [-0.15, -0.1) is 11.8 Å². The van der Waals surface area contributed by atoms with Gasteiger partial charge in [-0.3, -0.25) is 19.7 Å². The van der Waals surface area contributed by atoms with Crippen molar-refractivity contribution < 1.29 is 24.7 Å². The average Bonchev–Trinajstić information content (AvgIpc) is 2.37. The average molecular weight is 296 g/mol. The molecule has 0 aliphatic carbocycles. The first-order valence-electron chi connectivity index (χ1n) is 5.15. The van der Waals surface area contributed by atoms with Gasteiger partial charge < -0.3 is 10.2 Å². The zero-order chi connectivity index (χ0) is 15.3. The number of nitro groups is 1. The summed E-state index contributed by atoms with van der Waals surface area (Å²) in [5.41, 5.74) is -0.364. The Bertz CT molecular complexity index is 609. The lowest BCUT2D eigenvalue weighted by molar-refractivity contribution is -0.387. The summed E-state index contributed by atoms with van der Waals surface area (Å²) >= 11 is 0.568. The van der Waals surface area contributed by atoms with Crippen LogP contribution in [0.2, 0.25) is 0 Å². The highest BCUT2D eigenvalue weighted by Crippen LogP contribution is 2.34. The second-order valence-electron chi connectivity index (χ2n) is 3.59. The summed E-state index contributed by atoms with van der Waals surface area (Å²) in [7, 11) is 0. The van der Waals surface area contributed by atoms with Crippen LogP contribution in [-0.4, -0.2) is 32.3 Å². The number of thioether (sulfide) groups is 1. The number of hydrogen-bond acceptors (Lipinski definition) is 6. The lowest BCUT2D eigenvalue weighted by Gasteiger charge is -2.09. The Balaban J connectivity index is 3.12. The van der Waals surface area contributed by atoms with Crippen LogP contribution in [0, 0.1) is 21.4 Å². The van der Waals surface area contributed by atoms with Gasteiger partial charge in [0.2, 0.25) is 0 Å². The van der Waals surface area contributed by atoms with E-state index in [1.807, 2.05) is 0 Å². The third kappa shape index (κ3) is 3.96. The van der Waals surface area contributed by atoms with Gasteiger partial charge in [0.1, 0.15) is 5.25 Å². The van der Waals surface area contributed by atoms with Crippen LogP contribution >= 0.6 is 11.8 Å². The molecule has 0 aliphatic rings. The Morgan fingerprint density at radius 3 is 2.55 bits per heavy atom. The molecule has 1 rings (SSSR count). The smallest absolute Gasteiger partial charge is 0.317 e. The quantitative estimate of drug-likeness (QED) is 0.456. The SMILES string of the molecule is N#Cc1ccc(SC(CC(=O)O)C(=O)O)c([N+](=O)[O-])c1. The van der Waals surface area contributed by atoms with Gasteiger partial charge in [0.15, 0.2) is 0 Å². The number of carboxylic acids is 2.